The van der Waals surface area contributed by atoms with Crippen molar-refractivity contribution in [3.05, 3.63) is 29.3 Å². The molecule has 2 rings (SSSR count). The summed E-state index contributed by atoms with van der Waals surface area (Å²) in [5.41, 5.74) is 1.08. The lowest BCUT2D eigenvalue weighted by Crippen LogP contribution is -1.90. The molecule has 0 fully saturated rings. The smallest absolute Gasteiger partial charge is 0.147 e. The summed E-state index contributed by atoms with van der Waals surface area (Å²) in [5, 5.41) is 10.4. The maximum atomic E-state index is 5.42. The summed E-state index contributed by atoms with van der Waals surface area (Å²) in [7, 11) is 0. The zero-order valence-corrected chi connectivity index (χ0v) is 12.8. The van der Waals surface area contributed by atoms with Crippen LogP contribution in [0.5, 0.6) is 5.75 Å². The predicted octanol–water partition coefficient (Wildman–Crippen LogP) is 4.45. The quantitative estimate of drug-likeness (QED) is 0.761. The first-order chi connectivity index (χ1) is 8.74. The molecular formula is C13H15BrN2OS. The molecule has 0 amide bonds. The molecule has 0 saturated carbocycles. The molecule has 18 heavy (non-hydrogen) atoms. The molecule has 0 bridgehead atoms. The second-order valence-electron chi connectivity index (χ2n) is 3.78. The minimum atomic E-state index is 0.298. The highest BCUT2D eigenvalue weighted by molar-refractivity contribution is 9.09. The molecule has 1 unspecified atom stereocenters. The second kappa shape index (κ2) is 6.29. The van der Waals surface area contributed by atoms with Crippen LogP contribution in [0.4, 0.5) is 0 Å². The van der Waals surface area contributed by atoms with Crippen LogP contribution in [0, 0.1) is 0 Å². The van der Waals surface area contributed by atoms with Gasteiger partial charge in [0.1, 0.15) is 15.8 Å². The van der Waals surface area contributed by atoms with Gasteiger partial charge in [0.05, 0.1) is 11.4 Å². The summed E-state index contributed by atoms with van der Waals surface area (Å²) in [6.45, 7) is 4.78. The zero-order chi connectivity index (χ0) is 13.0. The fraction of sp³-hybridized carbons (Fsp3) is 0.385. The molecule has 5 heteroatoms. The topological polar surface area (TPSA) is 35.0 Å². The van der Waals surface area contributed by atoms with Crippen LogP contribution in [0.2, 0.25) is 0 Å². The Bertz CT molecular complexity index is 498. The van der Waals surface area contributed by atoms with Gasteiger partial charge in [-0.15, -0.1) is 10.2 Å². The van der Waals surface area contributed by atoms with Crippen LogP contribution in [0.3, 0.4) is 0 Å². The summed E-state index contributed by atoms with van der Waals surface area (Å²) in [6.07, 6.45) is 1.01. The Hall–Kier alpha value is -0.940. The number of aromatic nitrogens is 2. The molecule has 1 atom stereocenters. The van der Waals surface area contributed by atoms with Gasteiger partial charge in [-0.2, -0.15) is 0 Å². The third kappa shape index (κ3) is 3.09. The second-order valence-corrected chi connectivity index (χ2v) is 5.89. The molecular weight excluding hydrogens is 312 g/mol. The molecule has 0 saturated heterocycles. The lowest BCUT2D eigenvalue weighted by Gasteiger charge is -2.02. The van der Waals surface area contributed by atoms with E-state index in [2.05, 4.69) is 33.1 Å². The summed E-state index contributed by atoms with van der Waals surface area (Å²) < 4.78 is 5.42. The largest absolute Gasteiger partial charge is 0.494 e. The van der Waals surface area contributed by atoms with Crippen LogP contribution in [0.1, 0.15) is 30.1 Å². The molecule has 0 spiro atoms. The van der Waals surface area contributed by atoms with E-state index in [-0.39, 0.29) is 0 Å². The van der Waals surface area contributed by atoms with Crippen LogP contribution in [0.15, 0.2) is 24.3 Å². The van der Waals surface area contributed by atoms with Crippen molar-refractivity contribution in [1.82, 2.24) is 10.2 Å². The standard InChI is InChI=1S/C13H15BrN2OS/c1-3-11(14)13-16-15-12(18-13)9-5-7-10(8-6-9)17-4-2/h5-8,11H,3-4H2,1-2H3. The molecule has 0 aliphatic heterocycles. The first-order valence-electron chi connectivity index (χ1n) is 5.95. The van der Waals surface area contributed by atoms with Gasteiger partial charge in [-0.1, -0.05) is 34.2 Å². The van der Waals surface area contributed by atoms with E-state index in [1.165, 1.54) is 0 Å². The first kappa shape index (κ1) is 13.5. The van der Waals surface area contributed by atoms with E-state index in [1.807, 2.05) is 31.2 Å². The predicted molar refractivity (Wildman–Crippen MR) is 78.5 cm³/mol. The van der Waals surface area contributed by atoms with E-state index in [1.54, 1.807) is 11.3 Å². The molecule has 0 aliphatic rings. The maximum absolute atomic E-state index is 5.42. The van der Waals surface area contributed by atoms with Crippen molar-refractivity contribution >= 4 is 27.3 Å². The van der Waals surface area contributed by atoms with Gasteiger partial charge in [0, 0.05) is 5.56 Å². The minimum Gasteiger partial charge on any atom is -0.494 e. The van der Waals surface area contributed by atoms with E-state index in [4.69, 9.17) is 4.74 Å². The average Bonchev–Trinajstić information content (AvgIpc) is 2.89. The van der Waals surface area contributed by atoms with E-state index >= 15 is 0 Å². The Morgan fingerprint density at radius 3 is 2.56 bits per heavy atom. The summed E-state index contributed by atoms with van der Waals surface area (Å²) >= 11 is 5.22. The Labute approximate surface area is 119 Å². The van der Waals surface area contributed by atoms with Crippen LogP contribution >= 0.6 is 27.3 Å². The Balaban J connectivity index is 2.18. The van der Waals surface area contributed by atoms with Gasteiger partial charge < -0.3 is 4.74 Å². The van der Waals surface area contributed by atoms with Crippen LogP contribution in [-0.4, -0.2) is 16.8 Å². The molecule has 1 aromatic carbocycles. The van der Waals surface area contributed by atoms with Gasteiger partial charge in [-0.3, -0.25) is 0 Å². The number of hydrogen-bond acceptors (Lipinski definition) is 4. The minimum absolute atomic E-state index is 0.298. The lowest BCUT2D eigenvalue weighted by molar-refractivity contribution is 0.340. The van der Waals surface area contributed by atoms with Crippen LogP contribution < -0.4 is 4.74 Å². The van der Waals surface area contributed by atoms with Crippen molar-refractivity contribution in [2.45, 2.75) is 25.1 Å². The number of ether oxygens (including phenoxy) is 1. The van der Waals surface area contributed by atoms with Crippen molar-refractivity contribution in [2.24, 2.45) is 0 Å². The van der Waals surface area contributed by atoms with Crippen molar-refractivity contribution in [2.75, 3.05) is 6.61 Å². The summed E-state index contributed by atoms with van der Waals surface area (Å²) in [6, 6.07) is 7.96. The van der Waals surface area contributed by atoms with E-state index < -0.39 is 0 Å². The molecule has 1 aromatic heterocycles. The van der Waals surface area contributed by atoms with Gasteiger partial charge in [0.2, 0.25) is 0 Å². The van der Waals surface area contributed by atoms with Crippen molar-refractivity contribution < 1.29 is 4.74 Å². The van der Waals surface area contributed by atoms with E-state index in [0.717, 1.165) is 27.7 Å². The molecule has 3 nitrogen and oxygen atoms in total. The normalized spacial score (nSPS) is 12.4. The molecule has 0 N–H and O–H groups in total. The highest BCUT2D eigenvalue weighted by Gasteiger charge is 2.12. The Morgan fingerprint density at radius 2 is 1.94 bits per heavy atom. The monoisotopic (exact) mass is 326 g/mol. The molecule has 2 aromatic rings. The van der Waals surface area contributed by atoms with E-state index in [9.17, 15) is 0 Å². The number of hydrogen-bond donors (Lipinski definition) is 0. The van der Waals surface area contributed by atoms with Gasteiger partial charge >= 0.3 is 0 Å². The zero-order valence-electron chi connectivity index (χ0n) is 10.4. The SMILES string of the molecule is CCOc1ccc(-c2nnc(C(Br)CC)s2)cc1. The Kier molecular flexibility index (Phi) is 4.72. The third-order valence-electron chi connectivity index (χ3n) is 2.48. The van der Waals surface area contributed by atoms with Gasteiger partial charge in [0.25, 0.3) is 0 Å². The van der Waals surface area contributed by atoms with Crippen molar-refractivity contribution in [3.63, 3.8) is 0 Å². The Morgan fingerprint density at radius 1 is 1.22 bits per heavy atom. The fourth-order valence-electron chi connectivity index (χ4n) is 1.51. The number of alkyl halides is 1. The van der Waals surface area contributed by atoms with Gasteiger partial charge in [-0.05, 0) is 37.6 Å². The molecule has 96 valence electrons. The third-order valence-corrected chi connectivity index (χ3v) is 4.95. The molecule has 0 aliphatic carbocycles. The fourth-order valence-corrected chi connectivity index (χ4v) is 2.79. The lowest BCUT2D eigenvalue weighted by atomic mass is 10.2. The number of halogens is 1. The highest BCUT2D eigenvalue weighted by atomic mass is 79.9. The number of rotatable bonds is 5. The number of nitrogens with zero attached hydrogens (tertiary/aromatic N) is 2. The highest BCUT2D eigenvalue weighted by Crippen LogP contribution is 2.32. The van der Waals surface area contributed by atoms with Crippen molar-refractivity contribution in [3.8, 4) is 16.3 Å². The van der Waals surface area contributed by atoms with Crippen LogP contribution in [-0.2, 0) is 0 Å². The van der Waals surface area contributed by atoms with E-state index in [0.29, 0.717) is 11.4 Å². The summed E-state index contributed by atoms with van der Waals surface area (Å²) in [4.78, 5) is 0.298. The summed E-state index contributed by atoms with van der Waals surface area (Å²) in [5.74, 6) is 0.887. The van der Waals surface area contributed by atoms with Crippen LogP contribution in [0.25, 0.3) is 10.6 Å². The number of benzene rings is 1. The first-order valence-corrected chi connectivity index (χ1v) is 7.68. The average molecular weight is 327 g/mol. The molecule has 1 heterocycles. The maximum Gasteiger partial charge on any atom is 0.147 e. The van der Waals surface area contributed by atoms with Gasteiger partial charge in [0.15, 0.2) is 0 Å². The van der Waals surface area contributed by atoms with Gasteiger partial charge in [-0.25, -0.2) is 0 Å². The molecule has 0 radical (unpaired) electrons. The van der Waals surface area contributed by atoms with Crippen molar-refractivity contribution in [1.29, 1.82) is 0 Å².